The van der Waals surface area contributed by atoms with Gasteiger partial charge in [0.25, 0.3) is 10.0 Å². The fourth-order valence-corrected chi connectivity index (χ4v) is 4.25. The van der Waals surface area contributed by atoms with E-state index in [1.807, 2.05) is 13.8 Å². The maximum Gasteiger partial charge on any atom is 0.412 e. The van der Waals surface area contributed by atoms with Crippen LogP contribution in [0.4, 0.5) is 10.5 Å². The van der Waals surface area contributed by atoms with E-state index < -0.39 is 21.7 Å². The highest BCUT2D eigenvalue weighted by Crippen LogP contribution is 2.31. The Kier molecular flexibility index (Phi) is 4.97. The predicted octanol–water partition coefficient (Wildman–Crippen LogP) is 4.84. The van der Waals surface area contributed by atoms with Crippen LogP contribution < -0.4 is 5.32 Å². The fraction of sp³-hybridized carbons (Fsp3) is 0.286. The molecule has 6 nitrogen and oxygen atoms in total. The predicted molar refractivity (Wildman–Crippen MR) is 110 cm³/mol. The summed E-state index contributed by atoms with van der Waals surface area (Å²) >= 11 is 0. The van der Waals surface area contributed by atoms with Gasteiger partial charge >= 0.3 is 6.09 Å². The van der Waals surface area contributed by atoms with Crippen LogP contribution >= 0.6 is 0 Å². The summed E-state index contributed by atoms with van der Waals surface area (Å²) in [6.45, 7) is 9.09. The number of ether oxygens (including phenoxy) is 1. The summed E-state index contributed by atoms with van der Waals surface area (Å²) in [5.41, 5.74) is 2.17. The molecule has 1 heterocycles. The highest BCUT2D eigenvalue weighted by molar-refractivity contribution is 7.90. The first-order chi connectivity index (χ1) is 13.0. The summed E-state index contributed by atoms with van der Waals surface area (Å²) in [6, 6.07) is 11.9. The van der Waals surface area contributed by atoms with Crippen LogP contribution in [-0.4, -0.2) is 24.1 Å². The lowest BCUT2D eigenvalue weighted by atomic mass is 10.1. The second kappa shape index (κ2) is 6.98. The SMILES string of the molecule is Cc1ccc(S(=O)(=O)n2ccc3c(NC(=O)OC(C)(C)C)c(C)ccc32)cc1. The van der Waals surface area contributed by atoms with Crippen LogP contribution in [0.2, 0.25) is 0 Å². The molecule has 0 aliphatic heterocycles. The number of nitrogens with one attached hydrogen (secondary N) is 1. The fourth-order valence-electron chi connectivity index (χ4n) is 2.91. The molecule has 28 heavy (non-hydrogen) atoms. The van der Waals surface area contributed by atoms with Crippen LogP contribution in [0, 0.1) is 13.8 Å². The highest BCUT2D eigenvalue weighted by atomic mass is 32.2. The molecule has 0 bridgehead atoms. The molecule has 0 saturated heterocycles. The number of hydrogen-bond acceptors (Lipinski definition) is 4. The van der Waals surface area contributed by atoms with E-state index in [1.165, 1.54) is 10.2 Å². The first-order valence-corrected chi connectivity index (χ1v) is 10.4. The zero-order chi connectivity index (χ0) is 20.7. The van der Waals surface area contributed by atoms with E-state index in [-0.39, 0.29) is 4.90 Å². The molecule has 0 atom stereocenters. The van der Waals surface area contributed by atoms with Crippen molar-refractivity contribution >= 4 is 32.7 Å². The number of carbonyl (C=O) groups excluding carboxylic acids is 1. The van der Waals surface area contributed by atoms with Gasteiger partial charge in [0.05, 0.1) is 16.1 Å². The molecular weight excluding hydrogens is 376 g/mol. The molecule has 1 N–H and O–H groups in total. The number of aryl methyl sites for hydroxylation is 2. The van der Waals surface area contributed by atoms with E-state index in [0.29, 0.717) is 16.6 Å². The minimum Gasteiger partial charge on any atom is -0.444 e. The van der Waals surface area contributed by atoms with E-state index >= 15 is 0 Å². The van der Waals surface area contributed by atoms with E-state index in [2.05, 4.69) is 5.32 Å². The Morgan fingerprint density at radius 1 is 1.00 bits per heavy atom. The molecule has 3 rings (SSSR count). The summed E-state index contributed by atoms with van der Waals surface area (Å²) in [4.78, 5) is 12.4. The summed E-state index contributed by atoms with van der Waals surface area (Å²) in [5.74, 6) is 0. The Morgan fingerprint density at radius 3 is 2.25 bits per heavy atom. The normalized spacial score (nSPS) is 12.2. The van der Waals surface area contributed by atoms with Gasteiger partial charge < -0.3 is 4.74 Å². The van der Waals surface area contributed by atoms with Crippen LogP contribution in [-0.2, 0) is 14.8 Å². The Labute approximate surface area is 165 Å². The van der Waals surface area contributed by atoms with Gasteiger partial charge in [-0.05, 0) is 64.4 Å². The molecule has 7 heteroatoms. The molecule has 3 aromatic rings. The van der Waals surface area contributed by atoms with Crippen LogP contribution in [0.1, 0.15) is 31.9 Å². The van der Waals surface area contributed by atoms with Crippen molar-refractivity contribution in [3.63, 3.8) is 0 Å². The topological polar surface area (TPSA) is 77.4 Å². The van der Waals surface area contributed by atoms with Crippen molar-refractivity contribution in [2.45, 2.75) is 45.1 Å². The Morgan fingerprint density at radius 2 is 1.64 bits per heavy atom. The lowest BCUT2D eigenvalue weighted by molar-refractivity contribution is 0.0636. The number of anilines is 1. The lowest BCUT2D eigenvalue weighted by Gasteiger charge is -2.20. The molecule has 0 aliphatic carbocycles. The second-order valence-electron chi connectivity index (χ2n) is 7.75. The van der Waals surface area contributed by atoms with E-state index in [0.717, 1.165) is 11.1 Å². The zero-order valence-electron chi connectivity index (χ0n) is 16.6. The number of rotatable bonds is 3. The minimum atomic E-state index is -3.75. The summed E-state index contributed by atoms with van der Waals surface area (Å²) in [5, 5.41) is 3.38. The molecular formula is C21H24N2O4S. The van der Waals surface area contributed by atoms with Gasteiger partial charge in [0, 0.05) is 11.6 Å². The van der Waals surface area contributed by atoms with Gasteiger partial charge in [-0.2, -0.15) is 0 Å². The van der Waals surface area contributed by atoms with E-state index in [9.17, 15) is 13.2 Å². The number of fused-ring (bicyclic) bond motifs is 1. The third kappa shape index (κ3) is 3.89. The molecule has 0 unspecified atom stereocenters. The van der Waals surface area contributed by atoms with Gasteiger partial charge in [0.15, 0.2) is 0 Å². The summed E-state index contributed by atoms with van der Waals surface area (Å²) < 4.78 is 32.7. The molecule has 0 aliphatic rings. The standard InChI is InChI=1S/C21H24N2O4S/c1-14-6-9-16(10-7-14)28(25,26)23-13-12-17-18(23)11-8-15(2)19(17)22-20(24)27-21(3,4)5/h6-13H,1-5H3,(H,22,24). The first kappa shape index (κ1) is 19.9. The summed E-state index contributed by atoms with van der Waals surface area (Å²) in [6.07, 6.45) is 0.914. The maximum absolute atomic E-state index is 13.1. The van der Waals surface area contributed by atoms with Crippen molar-refractivity contribution in [1.29, 1.82) is 0 Å². The maximum atomic E-state index is 13.1. The smallest absolute Gasteiger partial charge is 0.412 e. The van der Waals surface area contributed by atoms with Gasteiger partial charge in [-0.3, -0.25) is 5.32 Å². The van der Waals surface area contributed by atoms with E-state index in [1.54, 1.807) is 63.2 Å². The average Bonchev–Trinajstić information content (AvgIpc) is 3.01. The lowest BCUT2D eigenvalue weighted by Crippen LogP contribution is -2.27. The monoisotopic (exact) mass is 400 g/mol. The Bertz CT molecular complexity index is 1140. The molecule has 0 spiro atoms. The second-order valence-corrected chi connectivity index (χ2v) is 9.56. The van der Waals surface area contributed by atoms with Crippen LogP contribution in [0.25, 0.3) is 10.9 Å². The van der Waals surface area contributed by atoms with Crippen molar-refractivity contribution in [2.75, 3.05) is 5.32 Å². The number of hydrogen-bond donors (Lipinski definition) is 1. The first-order valence-electron chi connectivity index (χ1n) is 8.92. The van der Waals surface area contributed by atoms with Gasteiger partial charge in [0.1, 0.15) is 5.60 Å². The number of benzene rings is 2. The van der Waals surface area contributed by atoms with Gasteiger partial charge in [-0.15, -0.1) is 0 Å². The number of nitrogens with zero attached hydrogens (tertiary/aromatic N) is 1. The molecule has 1 aromatic heterocycles. The molecule has 2 aromatic carbocycles. The largest absolute Gasteiger partial charge is 0.444 e. The molecule has 148 valence electrons. The minimum absolute atomic E-state index is 0.206. The molecule has 0 radical (unpaired) electrons. The highest BCUT2D eigenvalue weighted by Gasteiger charge is 2.22. The van der Waals surface area contributed by atoms with Gasteiger partial charge in [-0.1, -0.05) is 23.8 Å². The van der Waals surface area contributed by atoms with Gasteiger partial charge in [0.2, 0.25) is 0 Å². The van der Waals surface area contributed by atoms with Crippen molar-refractivity contribution in [2.24, 2.45) is 0 Å². The quantitative estimate of drug-likeness (QED) is 0.682. The third-order valence-corrected chi connectivity index (χ3v) is 5.95. The zero-order valence-corrected chi connectivity index (χ0v) is 17.4. The number of carbonyl (C=O) groups is 1. The third-order valence-electron chi connectivity index (χ3n) is 4.25. The molecule has 1 amide bonds. The number of amides is 1. The average molecular weight is 401 g/mol. The van der Waals surface area contributed by atoms with Crippen LogP contribution in [0.15, 0.2) is 53.6 Å². The van der Waals surface area contributed by atoms with Crippen molar-refractivity contribution < 1.29 is 17.9 Å². The van der Waals surface area contributed by atoms with Crippen LogP contribution in [0.3, 0.4) is 0 Å². The van der Waals surface area contributed by atoms with Crippen LogP contribution in [0.5, 0.6) is 0 Å². The van der Waals surface area contributed by atoms with Gasteiger partial charge in [-0.25, -0.2) is 17.2 Å². The molecule has 0 saturated carbocycles. The van der Waals surface area contributed by atoms with Crippen molar-refractivity contribution in [3.05, 3.63) is 59.8 Å². The number of aromatic nitrogens is 1. The van der Waals surface area contributed by atoms with Crippen molar-refractivity contribution in [1.82, 2.24) is 3.97 Å². The summed E-state index contributed by atoms with van der Waals surface area (Å²) in [7, 11) is -3.75. The van der Waals surface area contributed by atoms with Crippen molar-refractivity contribution in [3.8, 4) is 0 Å². The Hall–Kier alpha value is -2.80. The van der Waals surface area contributed by atoms with E-state index in [4.69, 9.17) is 4.74 Å². The molecule has 0 fully saturated rings. The Balaban J connectivity index is 2.06.